The van der Waals surface area contributed by atoms with Gasteiger partial charge in [0.1, 0.15) is 0 Å². The molecular formula is C14H23NS. The standard InChI is InChI=1S/C14H23NS/c1-5-11(4)10-13(15-7-3)14-12(6-2)8-9-16-14/h8-9,13,15H,4-7,10H2,1-3H3. The summed E-state index contributed by atoms with van der Waals surface area (Å²) in [6.45, 7) is 11.7. The van der Waals surface area contributed by atoms with Gasteiger partial charge in [-0.3, -0.25) is 0 Å². The van der Waals surface area contributed by atoms with E-state index in [0.29, 0.717) is 6.04 Å². The highest BCUT2D eigenvalue weighted by atomic mass is 32.1. The summed E-state index contributed by atoms with van der Waals surface area (Å²) in [6, 6.07) is 2.71. The lowest BCUT2D eigenvalue weighted by molar-refractivity contribution is 0.548. The van der Waals surface area contributed by atoms with Gasteiger partial charge >= 0.3 is 0 Å². The van der Waals surface area contributed by atoms with E-state index < -0.39 is 0 Å². The lowest BCUT2D eigenvalue weighted by Crippen LogP contribution is -2.21. The molecular weight excluding hydrogens is 214 g/mol. The minimum absolute atomic E-state index is 0.465. The summed E-state index contributed by atoms with van der Waals surface area (Å²) in [5.41, 5.74) is 2.82. The van der Waals surface area contributed by atoms with Crippen LogP contribution in [0.15, 0.2) is 23.6 Å². The van der Waals surface area contributed by atoms with Gasteiger partial charge in [0.25, 0.3) is 0 Å². The fraction of sp³-hybridized carbons (Fsp3) is 0.571. The molecule has 1 unspecified atom stereocenters. The van der Waals surface area contributed by atoms with Crippen molar-refractivity contribution in [2.75, 3.05) is 6.54 Å². The van der Waals surface area contributed by atoms with Crippen LogP contribution in [0.3, 0.4) is 0 Å². The molecule has 0 radical (unpaired) electrons. The normalized spacial score (nSPS) is 12.7. The van der Waals surface area contributed by atoms with E-state index in [4.69, 9.17) is 0 Å². The molecule has 90 valence electrons. The molecule has 1 nitrogen and oxygen atoms in total. The fourth-order valence-electron chi connectivity index (χ4n) is 1.88. The molecule has 1 heterocycles. The summed E-state index contributed by atoms with van der Waals surface area (Å²) in [5, 5.41) is 5.78. The maximum absolute atomic E-state index is 4.13. The molecule has 1 N–H and O–H groups in total. The Morgan fingerprint density at radius 3 is 2.75 bits per heavy atom. The Morgan fingerprint density at radius 1 is 1.44 bits per heavy atom. The first-order valence-electron chi connectivity index (χ1n) is 6.19. The lowest BCUT2D eigenvalue weighted by atomic mass is 10.0. The largest absolute Gasteiger partial charge is 0.309 e. The van der Waals surface area contributed by atoms with E-state index in [0.717, 1.165) is 25.8 Å². The van der Waals surface area contributed by atoms with Crippen LogP contribution < -0.4 is 5.32 Å². The quantitative estimate of drug-likeness (QED) is 0.697. The van der Waals surface area contributed by atoms with Crippen molar-refractivity contribution < 1.29 is 0 Å². The van der Waals surface area contributed by atoms with Crippen molar-refractivity contribution in [1.82, 2.24) is 5.32 Å². The van der Waals surface area contributed by atoms with Crippen LogP contribution in [0, 0.1) is 0 Å². The second-order valence-electron chi connectivity index (χ2n) is 4.08. The molecule has 1 aromatic rings. The molecule has 0 aliphatic carbocycles. The van der Waals surface area contributed by atoms with Crippen molar-refractivity contribution in [1.29, 1.82) is 0 Å². The van der Waals surface area contributed by atoms with Gasteiger partial charge < -0.3 is 5.32 Å². The van der Waals surface area contributed by atoms with Gasteiger partial charge in [-0.25, -0.2) is 0 Å². The van der Waals surface area contributed by atoms with E-state index in [2.05, 4.69) is 44.1 Å². The molecule has 1 rings (SSSR count). The summed E-state index contributed by atoms with van der Waals surface area (Å²) >= 11 is 1.87. The Balaban J connectivity index is 2.80. The summed E-state index contributed by atoms with van der Waals surface area (Å²) in [7, 11) is 0. The van der Waals surface area contributed by atoms with E-state index in [1.807, 2.05) is 11.3 Å². The lowest BCUT2D eigenvalue weighted by Gasteiger charge is -2.19. The van der Waals surface area contributed by atoms with Gasteiger partial charge in [0, 0.05) is 10.9 Å². The minimum Gasteiger partial charge on any atom is -0.309 e. The number of aryl methyl sites for hydroxylation is 1. The minimum atomic E-state index is 0.465. The van der Waals surface area contributed by atoms with Crippen molar-refractivity contribution in [3.8, 4) is 0 Å². The van der Waals surface area contributed by atoms with E-state index in [1.165, 1.54) is 16.0 Å². The third kappa shape index (κ3) is 3.46. The SMILES string of the molecule is C=C(CC)CC(NCC)c1sccc1CC. The predicted molar refractivity (Wildman–Crippen MR) is 74.2 cm³/mol. The Morgan fingerprint density at radius 2 is 2.19 bits per heavy atom. The number of hydrogen-bond donors (Lipinski definition) is 1. The van der Waals surface area contributed by atoms with Crippen molar-refractivity contribution in [2.24, 2.45) is 0 Å². The average Bonchev–Trinajstić information content (AvgIpc) is 2.76. The summed E-state index contributed by atoms with van der Waals surface area (Å²) in [4.78, 5) is 1.50. The van der Waals surface area contributed by atoms with Gasteiger partial charge in [-0.2, -0.15) is 0 Å². The highest BCUT2D eigenvalue weighted by Gasteiger charge is 2.15. The van der Waals surface area contributed by atoms with Crippen molar-refractivity contribution in [3.05, 3.63) is 34.0 Å². The van der Waals surface area contributed by atoms with Gasteiger partial charge in [0.15, 0.2) is 0 Å². The molecule has 0 saturated carbocycles. The number of hydrogen-bond acceptors (Lipinski definition) is 2. The summed E-state index contributed by atoms with van der Waals surface area (Å²) < 4.78 is 0. The van der Waals surface area contributed by atoms with Gasteiger partial charge in [-0.05, 0) is 42.8 Å². The maximum atomic E-state index is 4.13. The van der Waals surface area contributed by atoms with Crippen molar-refractivity contribution in [2.45, 2.75) is 46.1 Å². The van der Waals surface area contributed by atoms with Crippen LogP contribution in [0.2, 0.25) is 0 Å². The first-order valence-corrected chi connectivity index (χ1v) is 7.07. The zero-order chi connectivity index (χ0) is 12.0. The van der Waals surface area contributed by atoms with Crippen LogP contribution in [0.1, 0.15) is 50.1 Å². The molecule has 2 heteroatoms. The molecule has 0 aromatic carbocycles. The van der Waals surface area contributed by atoms with Gasteiger partial charge in [-0.15, -0.1) is 11.3 Å². The van der Waals surface area contributed by atoms with Crippen LogP contribution in [0.5, 0.6) is 0 Å². The van der Waals surface area contributed by atoms with E-state index in [-0.39, 0.29) is 0 Å². The Kier molecular flexibility index (Phi) is 5.78. The highest BCUT2D eigenvalue weighted by Crippen LogP contribution is 2.29. The van der Waals surface area contributed by atoms with Crippen molar-refractivity contribution >= 4 is 11.3 Å². The molecule has 16 heavy (non-hydrogen) atoms. The Labute approximate surface area is 104 Å². The van der Waals surface area contributed by atoms with Gasteiger partial charge in [0.05, 0.1) is 0 Å². The van der Waals surface area contributed by atoms with Crippen LogP contribution >= 0.6 is 11.3 Å². The molecule has 1 aromatic heterocycles. The number of nitrogens with one attached hydrogen (secondary N) is 1. The molecule has 0 spiro atoms. The molecule has 0 aliphatic heterocycles. The topological polar surface area (TPSA) is 12.0 Å². The highest BCUT2D eigenvalue weighted by molar-refractivity contribution is 7.10. The third-order valence-electron chi connectivity index (χ3n) is 2.92. The van der Waals surface area contributed by atoms with Gasteiger partial charge in [0.2, 0.25) is 0 Å². The predicted octanol–water partition coefficient (Wildman–Crippen LogP) is 4.32. The zero-order valence-electron chi connectivity index (χ0n) is 10.7. The summed E-state index contributed by atoms with van der Waals surface area (Å²) in [5.74, 6) is 0. The number of rotatable bonds is 7. The van der Waals surface area contributed by atoms with Gasteiger partial charge in [-0.1, -0.05) is 32.9 Å². The second kappa shape index (κ2) is 6.87. The maximum Gasteiger partial charge on any atom is 0.0454 e. The molecule has 0 fully saturated rings. The monoisotopic (exact) mass is 237 g/mol. The average molecular weight is 237 g/mol. The van der Waals surface area contributed by atoms with Crippen LogP contribution in [-0.4, -0.2) is 6.54 Å². The summed E-state index contributed by atoms with van der Waals surface area (Å²) in [6.07, 6.45) is 3.27. The van der Waals surface area contributed by atoms with Crippen molar-refractivity contribution in [3.63, 3.8) is 0 Å². The van der Waals surface area contributed by atoms with Crippen LogP contribution in [0.25, 0.3) is 0 Å². The smallest absolute Gasteiger partial charge is 0.0454 e. The Hall–Kier alpha value is -0.600. The Bertz CT molecular complexity index is 327. The molecule has 1 atom stereocenters. The molecule has 0 bridgehead atoms. The van der Waals surface area contributed by atoms with E-state index >= 15 is 0 Å². The molecule has 0 amide bonds. The van der Waals surface area contributed by atoms with Crippen LogP contribution in [0.4, 0.5) is 0 Å². The van der Waals surface area contributed by atoms with E-state index in [1.54, 1.807) is 0 Å². The third-order valence-corrected chi connectivity index (χ3v) is 3.99. The van der Waals surface area contributed by atoms with E-state index in [9.17, 15) is 0 Å². The first kappa shape index (κ1) is 13.5. The number of thiophene rings is 1. The molecule has 0 aliphatic rings. The molecule has 0 saturated heterocycles. The second-order valence-corrected chi connectivity index (χ2v) is 5.03. The zero-order valence-corrected chi connectivity index (χ0v) is 11.5. The fourth-order valence-corrected chi connectivity index (χ4v) is 2.96. The van der Waals surface area contributed by atoms with Crippen LogP contribution in [-0.2, 0) is 6.42 Å². The first-order chi connectivity index (χ1) is 7.72.